The zero-order valence-electron chi connectivity index (χ0n) is 7.77. The van der Waals surface area contributed by atoms with Crippen LogP contribution in [0.4, 0.5) is 5.82 Å². The Balaban J connectivity index is 3.88. The summed E-state index contributed by atoms with van der Waals surface area (Å²) in [6.45, 7) is 0. The van der Waals surface area contributed by atoms with Gasteiger partial charge in [-0.15, -0.1) is 0 Å². The first-order chi connectivity index (χ1) is 6.37. The van der Waals surface area contributed by atoms with E-state index in [1.807, 2.05) is 0 Å². The van der Waals surface area contributed by atoms with E-state index >= 15 is 0 Å². The molecule has 76 valence electrons. The molecule has 14 heavy (non-hydrogen) atoms. The van der Waals surface area contributed by atoms with Crippen molar-refractivity contribution in [1.82, 2.24) is 9.13 Å². The van der Waals surface area contributed by atoms with Crippen LogP contribution in [0.5, 0.6) is 0 Å². The third kappa shape index (κ3) is 1.31. The molecule has 0 bridgehead atoms. The number of rotatable bonds is 1. The van der Waals surface area contributed by atoms with Crippen molar-refractivity contribution in [2.75, 3.05) is 5.73 Å². The predicted molar refractivity (Wildman–Crippen MR) is 57.2 cm³/mol. The molecular formula is C7H10N4O2S. The van der Waals surface area contributed by atoms with Gasteiger partial charge >= 0.3 is 5.69 Å². The smallest absolute Gasteiger partial charge is 0.332 e. The third-order valence-corrected chi connectivity index (χ3v) is 2.16. The number of anilines is 1. The van der Waals surface area contributed by atoms with Gasteiger partial charge in [-0.25, -0.2) is 4.79 Å². The first-order valence-corrected chi connectivity index (χ1v) is 4.14. The molecule has 0 unspecified atom stereocenters. The van der Waals surface area contributed by atoms with Gasteiger partial charge in [0.25, 0.3) is 5.56 Å². The average Bonchev–Trinajstić information content (AvgIpc) is 2.11. The van der Waals surface area contributed by atoms with Crippen LogP contribution < -0.4 is 22.7 Å². The van der Waals surface area contributed by atoms with Gasteiger partial charge in [0.05, 0.1) is 0 Å². The van der Waals surface area contributed by atoms with Crippen LogP contribution in [0.25, 0.3) is 0 Å². The monoisotopic (exact) mass is 214 g/mol. The molecule has 0 amide bonds. The summed E-state index contributed by atoms with van der Waals surface area (Å²) in [6, 6.07) is 0. The highest BCUT2D eigenvalue weighted by Gasteiger charge is 2.14. The Morgan fingerprint density at radius 3 is 2.21 bits per heavy atom. The first-order valence-electron chi connectivity index (χ1n) is 3.73. The van der Waals surface area contributed by atoms with Crippen molar-refractivity contribution < 1.29 is 0 Å². The fraction of sp³-hybridized carbons (Fsp3) is 0.286. The van der Waals surface area contributed by atoms with Crippen molar-refractivity contribution in [3.8, 4) is 0 Å². The summed E-state index contributed by atoms with van der Waals surface area (Å²) in [6.07, 6.45) is 0. The summed E-state index contributed by atoms with van der Waals surface area (Å²) in [7, 11) is 2.78. The van der Waals surface area contributed by atoms with Gasteiger partial charge in [-0.3, -0.25) is 13.9 Å². The molecule has 0 fully saturated rings. The molecule has 0 aliphatic heterocycles. The Labute approximate surface area is 84.7 Å². The van der Waals surface area contributed by atoms with Crippen molar-refractivity contribution in [3.63, 3.8) is 0 Å². The molecule has 1 aromatic rings. The van der Waals surface area contributed by atoms with E-state index in [1.54, 1.807) is 0 Å². The van der Waals surface area contributed by atoms with Crippen molar-refractivity contribution in [2.45, 2.75) is 0 Å². The van der Waals surface area contributed by atoms with Crippen LogP contribution in [-0.4, -0.2) is 14.1 Å². The minimum absolute atomic E-state index is 0.00426. The summed E-state index contributed by atoms with van der Waals surface area (Å²) in [5.41, 5.74) is 9.79. The molecule has 0 saturated carbocycles. The average molecular weight is 214 g/mol. The maximum atomic E-state index is 11.5. The maximum Gasteiger partial charge on any atom is 0.332 e. The zero-order valence-corrected chi connectivity index (χ0v) is 8.59. The maximum absolute atomic E-state index is 11.5. The van der Waals surface area contributed by atoms with Crippen LogP contribution in [0.2, 0.25) is 0 Å². The van der Waals surface area contributed by atoms with E-state index < -0.39 is 11.2 Å². The number of nitrogen functional groups attached to an aromatic ring is 1. The highest BCUT2D eigenvalue weighted by molar-refractivity contribution is 7.80. The molecule has 0 aromatic carbocycles. The SMILES string of the molecule is Cn1c(N)c(C(N)=S)c(=O)n(C)c1=O. The highest BCUT2D eigenvalue weighted by Crippen LogP contribution is 2.01. The Kier molecular flexibility index (Phi) is 2.43. The fourth-order valence-corrected chi connectivity index (χ4v) is 1.28. The Hall–Kier alpha value is -1.63. The summed E-state index contributed by atoms with van der Waals surface area (Å²) in [5, 5.41) is 0. The minimum Gasteiger partial charge on any atom is -0.389 e. The number of nitrogens with two attached hydrogens (primary N) is 2. The molecular weight excluding hydrogens is 204 g/mol. The molecule has 0 atom stereocenters. The third-order valence-electron chi connectivity index (χ3n) is 1.96. The zero-order chi connectivity index (χ0) is 11.0. The topological polar surface area (TPSA) is 96.0 Å². The van der Waals surface area contributed by atoms with Gasteiger partial charge in [-0.2, -0.15) is 0 Å². The van der Waals surface area contributed by atoms with Gasteiger partial charge in [-0.05, 0) is 0 Å². The number of hydrogen-bond acceptors (Lipinski definition) is 4. The van der Waals surface area contributed by atoms with Crippen LogP contribution in [0.1, 0.15) is 5.56 Å². The van der Waals surface area contributed by atoms with Gasteiger partial charge in [0.2, 0.25) is 0 Å². The van der Waals surface area contributed by atoms with Gasteiger partial charge < -0.3 is 11.5 Å². The van der Waals surface area contributed by atoms with Crippen LogP contribution in [0.15, 0.2) is 9.59 Å². The molecule has 6 nitrogen and oxygen atoms in total. The van der Waals surface area contributed by atoms with Crippen molar-refractivity contribution >= 4 is 23.0 Å². The molecule has 0 spiro atoms. The van der Waals surface area contributed by atoms with E-state index in [4.69, 9.17) is 11.5 Å². The van der Waals surface area contributed by atoms with E-state index in [-0.39, 0.29) is 16.4 Å². The van der Waals surface area contributed by atoms with Crippen LogP contribution in [0, 0.1) is 0 Å². The Morgan fingerprint density at radius 1 is 1.29 bits per heavy atom. The number of nitrogens with zero attached hydrogens (tertiary/aromatic N) is 2. The van der Waals surface area contributed by atoms with Gasteiger partial charge in [0, 0.05) is 14.1 Å². The van der Waals surface area contributed by atoms with Crippen LogP contribution >= 0.6 is 12.2 Å². The fourth-order valence-electron chi connectivity index (χ4n) is 1.09. The summed E-state index contributed by atoms with van der Waals surface area (Å²) >= 11 is 4.67. The van der Waals surface area contributed by atoms with E-state index in [1.165, 1.54) is 14.1 Å². The van der Waals surface area contributed by atoms with E-state index in [2.05, 4.69) is 12.2 Å². The highest BCUT2D eigenvalue weighted by atomic mass is 32.1. The second kappa shape index (κ2) is 3.26. The van der Waals surface area contributed by atoms with E-state index in [0.29, 0.717) is 0 Å². The number of hydrogen-bond donors (Lipinski definition) is 2. The molecule has 1 rings (SSSR count). The summed E-state index contributed by atoms with van der Waals surface area (Å²) < 4.78 is 2.03. The summed E-state index contributed by atoms with van der Waals surface area (Å²) in [4.78, 5) is 22.7. The van der Waals surface area contributed by atoms with Gasteiger partial charge in [0.1, 0.15) is 16.4 Å². The van der Waals surface area contributed by atoms with E-state index in [9.17, 15) is 9.59 Å². The van der Waals surface area contributed by atoms with Gasteiger partial charge in [-0.1, -0.05) is 12.2 Å². The molecule has 0 saturated heterocycles. The van der Waals surface area contributed by atoms with Gasteiger partial charge in [0.15, 0.2) is 0 Å². The predicted octanol–water partition coefficient (Wildman–Crippen LogP) is -1.70. The first kappa shape index (κ1) is 10.5. The van der Waals surface area contributed by atoms with Crippen LogP contribution in [-0.2, 0) is 14.1 Å². The molecule has 7 heteroatoms. The summed E-state index contributed by atoms with van der Waals surface area (Å²) in [5.74, 6) is -0.00870. The lowest BCUT2D eigenvalue weighted by Gasteiger charge is -2.09. The molecule has 4 N–H and O–H groups in total. The molecule has 1 aromatic heterocycles. The minimum atomic E-state index is -0.571. The quantitative estimate of drug-likeness (QED) is 0.543. The van der Waals surface area contributed by atoms with E-state index in [0.717, 1.165) is 9.13 Å². The molecule has 1 heterocycles. The molecule has 0 radical (unpaired) electrons. The normalized spacial score (nSPS) is 10.1. The van der Waals surface area contributed by atoms with Crippen molar-refractivity contribution in [2.24, 2.45) is 19.8 Å². The second-order valence-corrected chi connectivity index (χ2v) is 3.27. The Morgan fingerprint density at radius 2 is 1.79 bits per heavy atom. The number of aromatic nitrogens is 2. The number of thiocarbonyl (C=S) groups is 1. The Bertz CT molecular complexity index is 514. The molecule has 0 aliphatic carbocycles. The van der Waals surface area contributed by atoms with Crippen molar-refractivity contribution in [3.05, 3.63) is 26.4 Å². The molecule has 0 aliphatic rings. The lowest BCUT2D eigenvalue weighted by molar-refractivity contribution is 0.692. The van der Waals surface area contributed by atoms with Crippen molar-refractivity contribution in [1.29, 1.82) is 0 Å². The van der Waals surface area contributed by atoms with Crippen LogP contribution in [0.3, 0.4) is 0 Å². The largest absolute Gasteiger partial charge is 0.389 e. The second-order valence-electron chi connectivity index (χ2n) is 2.83. The standard InChI is InChI=1S/C7H10N4O2S/c1-10-4(8)3(5(9)14)6(12)11(2)7(10)13/h8H2,1-2H3,(H2,9,14). The lowest BCUT2D eigenvalue weighted by atomic mass is 10.3. The lowest BCUT2D eigenvalue weighted by Crippen LogP contribution is -2.42.